The predicted molar refractivity (Wildman–Crippen MR) is 61.2 cm³/mol. The standard InChI is InChI=1S/C12H18F3NO2/c1-9-10(6-11(18-9)7-16-2)8-17-5-3-4-12(13,14)15/h6,16H,3-5,7-8H2,1-2H3. The van der Waals surface area contributed by atoms with Gasteiger partial charge in [0.1, 0.15) is 11.5 Å². The number of nitrogens with one attached hydrogen (secondary N) is 1. The van der Waals surface area contributed by atoms with Crippen molar-refractivity contribution in [3.05, 3.63) is 23.2 Å². The third-order valence-corrected chi connectivity index (χ3v) is 2.43. The fraction of sp³-hybridized carbons (Fsp3) is 0.667. The summed E-state index contributed by atoms with van der Waals surface area (Å²) < 4.78 is 46.3. The lowest BCUT2D eigenvalue weighted by Crippen LogP contribution is -2.08. The average Bonchev–Trinajstić information content (AvgIpc) is 2.58. The van der Waals surface area contributed by atoms with Crippen LogP contribution in [0.3, 0.4) is 0 Å². The molecule has 0 unspecified atom stereocenters. The number of alkyl halides is 3. The molecule has 0 atom stereocenters. The van der Waals surface area contributed by atoms with Gasteiger partial charge in [-0.05, 0) is 26.5 Å². The van der Waals surface area contributed by atoms with E-state index in [1.807, 2.05) is 20.0 Å². The van der Waals surface area contributed by atoms with Gasteiger partial charge in [-0.15, -0.1) is 0 Å². The van der Waals surface area contributed by atoms with Crippen molar-refractivity contribution < 1.29 is 22.3 Å². The van der Waals surface area contributed by atoms with Crippen LogP contribution in [0.1, 0.15) is 29.9 Å². The topological polar surface area (TPSA) is 34.4 Å². The molecule has 1 rings (SSSR count). The van der Waals surface area contributed by atoms with Crippen molar-refractivity contribution in [2.24, 2.45) is 0 Å². The fourth-order valence-electron chi connectivity index (χ4n) is 1.55. The second kappa shape index (κ2) is 6.80. The number of halogens is 3. The first-order valence-corrected chi connectivity index (χ1v) is 5.79. The summed E-state index contributed by atoms with van der Waals surface area (Å²) >= 11 is 0. The third-order valence-electron chi connectivity index (χ3n) is 2.43. The molecule has 0 radical (unpaired) electrons. The van der Waals surface area contributed by atoms with Crippen LogP contribution in [0, 0.1) is 6.92 Å². The molecule has 1 aromatic rings. The van der Waals surface area contributed by atoms with Gasteiger partial charge in [0.15, 0.2) is 0 Å². The number of hydrogen-bond acceptors (Lipinski definition) is 3. The Balaban J connectivity index is 2.27. The summed E-state index contributed by atoms with van der Waals surface area (Å²) in [5.41, 5.74) is 0.882. The molecule has 1 aromatic heterocycles. The molecule has 0 saturated heterocycles. The van der Waals surface area contributed by atoms with Crippen LogP contribution in [0.5, 0.6) is 0 Å². The Morgan fingerprint density at radius 2 is 2.11 bits per heavy atom. The van der Waals surface area contributed by atoms with E-state index in [-0.39, 0.29) is 19.6 Å². The second-order valence-electron chi connectivity index (χ2n) is 4.10. The molecule has 0 spiro atoms. The number of rotatable bonds is 7. The molecular weight excluding hydrogens is 247 g/mol. The largest absolute Gasteiger partial charge is 0.465 e. The Kier molecular flexibility index (Phi) is 5.68. The summed E-state index contributed by atoms with van der Waals surface area (Å²) in [6, 6.07) is 1.86. The van der Waals surface area contributed by atoms with Crippen molar-refractivity contribution in [2.75, 3.05) is 13.7 Å². The zero-order valence-electron chi connectivity index (χ0n) is 10.6. The molecule has 1 N–H and O–H groups in total. The van der Waals surface area contributed by atoms with E-state index in [1.165, 1.54) is 0 Å². The zero-order valence-corrected chi connectivity index (χ0v) is 10.6. The maximum absolute atomic E-state index is 11.9. The first-order valence-electron chi connectivity index (χ1n) is 5.79. The van der Waals surface area contributed by atoms with Gasteiger partial charge in [0.2, 0.25) is 0 Å². The first-order chi connectivity index (χ1) is 8.42. The van der Waals surface area contributed by atoms with Gasteiger partial charge < -0.3 is 14.5 Å². The molecule has 0 saturated carbocycles. The van der Waals surface area contributed by atoms with Crippen molar-refractivity contribution in [1.29, 1.82) is 0 Å². The molecule has 0 bridgehead atoms. The Morgan fingerprint density at radius 3 is 2.72 bits per heavy atom. The predicted octanol–water partition coefficient (Wildman–Crippen LogP) is 3.17. The Morgan fingerprint density at radius 1 is 1.39 bits per heavy atom. The quantitative estimate of drug-likeness (QED) is 0.769. The van der Waals surface area contributed by atoms with Crippen molar-refractivity contribution in [3.8, 4) is 0 Å². The highest BCUT2D eigenvalue weighted by atomic mass is 19.4. The van der Waals surface area contributed by atoms with Crippen LogP contribution in [0.25, 0.3) is 0 Å². The van der Waals surface area contributed by atoms with E-state index >= 15 is 0 Å². The molecular formula is C12H18F3NO2. The molecule has 0 aromatic carbocycles. The summed E-state index contributed by atoms with van der Waals surface area (Å²) in [5, 5.41) is 2.96. The first kappa shape index (κ1) is 15.0. The number of aryl methyl sites for hydroxylation is 1. The highest BCUT2D eigenvalue weighted by Gasteiger charge is 2.25. The summed E-state index contributed by atoms with van der Waals surface area (Å²) in [4.78, 5) is 0. The monoisotopic (exact) mass is 265 g/mol. The van der Waals surface area contributed by atoms with Gasteiger partial charge in [-0.3, -0.25) is 0 Å². The van der Waals surface area contributed by atoms with Gasteiger partial charge in [-0.1, -0.05) is 0 Å². The lowest BCUT2D eigenvalue weighted by molar-refractivity contribution is -0.138. The molecule has 1 heterocycles. The van der Waals surface area contributed by atoms with Crippen LogP contribution < -0.4 is 5.32 Å². The van der Waals surface area contributed by atoms with E-state index in [9.17, 15) is 13.2 Å². The van der Waals surface area contributed by atoms with Gasteiger partial charge in [0, 0.05) is 18.6 Å². The van der Waals surface area contributed by atoms with Gasteiger partial charge in [-0.25, -0.2) is 0 Å². The minimum absolute atomic E-state index is 0.0101. The van der Waals surface area contributed by atoms with Crippen LogP contribution >= 0.6 is 0 Å². The molecule has 104 valence electrons. The normalized spacial score (nSPS) is 12.1. The van der Waals surface area contributed by atoms with Crippen molar-refractivity contribution in [2.45, 2.75) is 39.1 Å². The highest BCUT2D eigenvalue weighted by molar-refractivity contribution is 5.19. The fourth-order valence-corrected chi connectivity index (χ4v) is 1.55. The van der Waals surface area contributed by atoms with Gasteiger partial charge in [0.05, 0.1) is 13.2 Å². The highest BCUT2D eigenvalue weighted by Crippen LogP contribution is 2.21. The zero-order chi connectivity index (χ0) is 13.6. The second-order valence-corrected chi connectivity index (χ2v) is 4.10. The Hall–Kier alpha value is -1.01. The molecule has 6 heteroatoms. The van der Waals surface area contributed by atoms with E-state index in [1.54, 1.807) is 0 Å². The molecule has 0 fully saturated rings. The van der Waals surface area contributed by atoms with Crippen LogP contribution in [0.15, 0.2) is 10.5 Å². The summed E-state index contributed by atoms with van der Waals surface area (Å²) in [5.74, 6) is 1.54. The van der Waals surface area contributed by atoms with Gasteiger partial charge in [0.25, 0.3) is 0 Å². The van der Waals surface area contributed by atoms with E-state index in [0.29, 0.717) is 6.54 Å². The molecule has 3 nitrogen and oxygen atoms in total. The van der Waals surface area contributed by atoms with E-state index < -0.39 is 12.6 Å². The van der Waals surface area contributed by atoms with Crippen LogP contribution in [0.4, 0.5) is 13.2 Å². The van der Waals surface area contributed by atoms with Crippen molar-refractivity contribution >= 4 is 0 Å². The average molecular weight is 265 g/mol. The summed E-state index contributed by atoms with van der Waals surface area (Å²) in [6.45, 7) is 2.82. The molecule has 18 heavy (non-hydrogen) atoms. The molecule has 0 aliphatic heterocycles. The SMILES string of the molecule is CNCc1cc(COCCCC(F)(F)F)c(C)o1. The summed E-state index contributed by atoms with van der Waals surface area (Å²) in [6.07, 6.45) is -4.92. The number of ether oxygens (including phenoxy) is 1. The van der Waals surface area contributed by atoms with Crippen molar-refractivity contribution in [1.82, 2.24) is 5.32 Å². The van der Waals surface area contributed by atoms with Gasteiger partial charge >= 0.3 is 6.18 Å². The number of hydrogen-bond donors (Lipinski definition) is 1. The van der Waals surface area contributed by atoms with Crippen LogP contribution in [0.2, 0.25) is 0 Å². The molecule has 0 aliphatic rings. The molecule has 0 amide bonds. The minimum Gasteiger partial charge on any atom is -0.465 e. The van der Waals surface area contributed by atoms with Gasteiger partial charge in [-0.2, -0.15) is 13.2 Å². The van der Waals surface area contributed by atoms with Crippen LogP contribution in [-0.2, 0) is 17.9 Å². The number of furan rings is 1. The lowest BCUT2D eigenvalue weighted by atomic mass is 10.2. The maximum Gasteiger partial charge on any atom is 0.389 e. The van der Waals surface area contributed by atoms with E-state index in [2.05, 4.69) is 5.32 Å². The lowest BCUT2D eigenvalue weighted by Gasteiger charge is -2.06. The van der Waals surface area contributed by atoms with E-state index in [4.69, 9.17) is 9.15 Å². The Bertz CT molecular complexity index is 361. The van der Waals surface area contributed by atoms with E-state index in [0.717, 1.165) is 17.1 Å². The third kappa shape index (κ3) is 5.55. The minimum atomic E-state index is -4.10. The molecule has 0 aliphatic carbocycles. The summed E-state index contributed by atoms with van der Waals surface area (Å²) in [7, 11) is 1.81. The maximum atomic E-state index is 11.9. The Labute approximate surface area is 104 Å². The smallest absolute Gasteiger partial charge is 0.389 e. The van der Waals surface area contributed by atoms with Crippen LogP contribution in [-0.4, -0.2) is 19.8 Å². The van der Waals surface area contributed by atoms with Crippen molar-refractivity contribution in [3.63, 3.8) is 0 Å².